The maximum atomic E-state index is 11.2. The van der Waals surface area contributed by atoms with Crippen LogP contribution in [0.2, 0.25) is 0 Å². The molecule has 0 radical (unpaired) electrons. The zero-order valence-electron chi connectivity index (χ0n) is 7.51. The van der Waals surface area contributed by atoms with Gasteiger partial charge in [-0.1, -0.05) is 0 Å². The summed E-state index contributed by atoms with van der Waals surface area (Å²) < 4.78 is 6.65. The largest absolute Gasteiger partial charge is 0.375 e. The van der Waals surface area contributed by atoms with Crippen molar-refractivity contribution in [1.29, 1.82) is 0 Å². The summed E-state index contributed by atoms with van der Waals surface area (Å²) in [6.07, 6.45) is 0. The van der Waals surface area contributed by atoms with Crippen LogP contribution in [0.3, 0.4) is 0 Å². The molecular weight excluding hydrogens is 361 g/mol. The van der Waals surface area contributed by atoms with E-state index in [0.29, 0.717) is 0 Å². The Balaban J connectivity index is 2.75. The van der Waals surface area contributed by atoms with Gasteiger partial charge in [0.25, 0.3) is 0 Å². The Kier molecular flexibility index (Phi) is 4.83. The third kappa shape index (κ3) is 3.55. The summed E-state index contributed by atoms with van der Waals surface area (Å²) >= 11 is 5.54. The van der Waals surface area contributed by atoms with Gasteiger partial charge in [0.15, 0.2) is 0 Å². The van der Waals surface area contributed by atoms with E-state index >= 15 is 0 Å². The van der Waals surface area contributed by atoms with Crippen molar-refractivity contribution in [1.82, 2.24) is 0 Å². The monoisotopic (exact) mass is 369 g/mol. The first-order valence-electron chi connectivity index (χ1n) is 3.87. The number of anilines is 1. The number of amides is 1. The number of benzene rings is 1. The number of hydrogen-bond acceptors (Lipinski definition) is 2. The molecule has 0 aliphatic carbocycles. The van der Waals surface area contributed by atoms with Crippen molar-refractivity contribution >= 4 is 50.1 Å². The minimum Gasteiger partial charge on any atom is -0.375 e. The predicted molar refractivity (Wildman–Crippen MR) is 67.4 cm³/mol. The van der Waals surface area contributed by atoms with Crippen LogP contribution < -0.4 is 5.32 Å². The van der Waals surface area contributed by atoms with Crippen LogP contribution in [0.15, 0.2) is 22.7 Å². The van der Waals surface area contributed by atoms with E-state index in [0.717, 1.165) is 13.7 Å². The SMILES string of the molecule is COCC(=O)Nc1cc(I)ccc1Br. The first-order chi connectivity index (χ1) is 6.63. The average molecular weight is 370 g/mol. The van der Waals surface area contributed by atoms with Gasteiger partial charge in [0.1, 0.15) is 6.61 Å². The smallest absolute Gasteiger partial charge is 0.250 e. The average Bonchev–Trinajstić information content (AvgIpc) is 2.12. The lowest BCUT2D eigenvalue weighted by molar-refractivity contribution is -0.119. The van der Waals surface area contributed by atoms with E-state index < -0.39 is 0 Å². The fourth-order valence-electron chi connectivity index (χ4n) is 0.911. The standard InChI is InChI=1S/C9H9BrINO2/c1-14-5-9(13)12-8-4-6(11)2-3-7(8)10/h2-4H,5H2,1H3,(H,12,13). The Hall–Kier alpha value is -0.140. The normalized spacial score (nSPS) is 9.93. The summed E-state index contributed by atoms with van der Waals surface area (Å²) in [5, 5.41) is 2.74. The first-order valence-corrected chi connectivity index (χ1v) is 5.74. The van der Waals surface area contributed by atoms with Crippen molar-refractivity contribution in [3.63, 3.8) is 0 Å². The minimum atomic E-state index is -0.157. The molecule has 0 aromatic heterocycles. The van der Waals surface area contributed by atoms with Crippen molar-refractivity contribution in [3.05, 3.63) is 26.2 Å². The lowest BCUT2D eigenvalue weighted by Gasteiger charge is -2.06. The van der Waals surface area contributed by atoms with E-state index in [1.54, 1.807) is 0 Å². The Labute approximate surface area is 104 Å². The third-order valence-corrected chi connectivity index (χ3v) is 2.84. The maximum absolute atomic E-state index is 11.2. The number of nitrogens with one attached hydrogen (secondary N) is 1. The highest BCUT2D eigenvalue weighted by atomic mass is 127. The van der Waals surface area contributed by atoms with Crippen LogP contribution in [0, 0.1) is 3.57 Å². The fourth-order valence-corrected chi connectivity index (χ4v) is 1.75. The van der Waals surface area contributed by atoms with E-state index in [2.05, 4.69) is 43.8 Å². The molecule has 3 nitrogen and oxygen atoms in total. The molecule has 0 heterocycles. The highest BCUT2D eigenvalue weighted by Gasteiger charge is 2.04. The molecule has 1 aromatic rings. The van der Waals surface area contributed by atoms with Gasteiger partial charge in [-0.25, -0.2) is 0 Å². The van der Waals surface area contributed by atoms with Gasteiger partial charge in [0.2, 0.25) is 5.91 Å². The molecule has 0 bridgehead atoms. The van der Waals surface area contributed by atoms with Gasteiger partial charge in [-0.15, -0.1) is 0 Å². The zero-order valence-corrected chi connectivity index (χ0v) is 11.3. The Morgan fingerprint density at radius 3 is 3.00 bits per heavy atom. The van der Waals surface area contributed by atoms with Crippen LogP contribution in [0.25, 0.3) is 0 Å². The molecule has 14 heavy (non-hydrogen) atoms. The second-order valence-electron chi connectivity index (χ2n) is 2.61. The maximum Gasteiger partial charge on any atom is 0.250 e. The molecule has 0 unspecified atom stereocenters. The number of carbonyl (C=O) groups is 1. The van der Waals surface area contributed by atoms with Crippen LogP contribution in [-0.4, -0.2) is 19.6 Å². The molecule has 0 saturated carbocycles. The molecule has 76 valence electrons. The molecule has 0 aliphatic rings. The van der Waals surface area contributed by atoms with E-state index in [1.165, 1.54) is 7.11 Å². The van der Waals surface area contributed by atoms with Gasteiger partial charge in [0, 0.05) is 15.2 Å². The van der Waals surface area contributed by atoms with Crippen molar-refractivity contribution in [2.75, 3.05) is 19.0 Å². The number of carbonyl (C=O) groups excluding carboxylic acids is 1. The predicted octanol–water partition coefficient (Wildman–Crippen LogP) is 2.64. The van der Waals surface area contributed by atoms with E-state index in [9.17, 15) is 4.79 Å². The highest BCUT2D eigenvalue weighted by molar-refractivity contribution is 14.1. The molecule has 0 spiro atoms. The summed E-state index contributed by atoms with van der Waals surface area (Å²) in [7, 11) is 1.49. The number of rotatable bonds is 3. The van der Waals surface area contributed by atoms with Crippen LogP contribution in [0.1, 0.15) is 0 Å². The summed E-state index contributed by atoms with van der Waals surface area (Å²) in [6, 6.07) is 5.74. The Bertz CT molecular complexity index is 344. The van der Waals surface area contributed by atoms with Crippen molar-refractivity contribution < 1.29 is 9.53 Å². The Morgan fingerprint density at radius 1 is 1.64 bits per heavy atom. The number of hydrogen-bond donors (Lipinski definition) is 1. The molecule has 0 atom stereocenters. The minimum absolute atomic E-state index is 0.0674. The molecule has 0 aliphatic heterocycles. The van der Waals surface area contributed by atoms with Gasteiger partial charge in [0.05, 0.1) is 5.69 Å². The van der Waals surface area contributed by atoms with Crippen molar-refractivity contribution in [2.24, 2.45) is 0 Å². The van der Waals surface area contributed by atoms with Crippen LogP contribution in [-0.2, 0) is 9.53 Å². The number of halogens is 2. The number of methoxy groups -OCH3 is 1. The lowest BCUT2D eigenvalue weighted by atomic mass is 10.3. The van der Waals surface area contributed by atoms with Crippen LogP contribution in [0.4, 0.5) is 5.69 Å². The van der Waals surface area contributed by atoms with Gasteiger partial charge < -0.3 is 10.1 Å². The van der Waals surface area contributed by atoms with Gasteiger partial charge >= 0.3 is 0 Å². The zero-order chi connectivity index (χ0) is 10.6. The van der Waals surface area contributed by atoms with Gasteiger partial charge in [-0.2, -0.15) is 0 Å². The molecule has 0 fully saturated rings. The fraction of sp³-hybridized carbons (Fsp3) is 0.222. The van der Waals surface area contributed by atoms with E-state index in [4.69, 9.17) is 4.74 Å². The number of ether oxygens (including phenoxy) is 1. The molecule has 1 aromatic carbocycles. The van der Waals surface area contributed by atoms with Gasteiger partial charge in [-0.3, -0.25) is 4.79 Å². The van der Waals surface area contributed by atoms with Crippen LogP contribution in [0.5, 0.6) is 0 Å². The first kappa shape index (κ1) is 11.9. The Morgan fingerprint density at radius 2 is 2.36 bits per heavy atom. The quantitative estimate of drug-likeness (QED) is 0.832. The molecule has 0 saturated heterocycles. The summed E-state index contributed by atoms with van der Waals surface area (Å²) in [4.78, 5) is 11.2. The molecule has 1 amide bonds. The molecule has 1 rings (SSSR count). The highest BCUT2D eigenvalue weighted by Crippen LogP contribution is 2.24. The molecule has 5 heteroatoms. The summed E-state index contributed by atoms with van der Waals surface area (Å²) in [5.41, 5.74) is 0.763. The topological polar surface area (TPSA) is 38.3 Å². The van der Waals surface area contributed by atoms with Crippen molar-refractivity contribution in [2.45, 2.75) is 0 Å². The third-order valence-electron chi connectivity index (χ3n) is 1.48. The van der Waals surface area contributed by atoms with Crippen molar-refractivity contribution in [3.8, 4) is 0 Å². The van der Waals surface area contributed by atoms with E-state index in [1.807, 2.05) is 18.2 Å². The van der Waals surface area contributed by atoms with E-state index in [-0.39, 0.29) is 12.5 Å². The lowest BCUT2D eigenvalue weighted by Crippen LogP contribution is -2.17. The summed E-state index contributed by atoms with van der Waals surface area (Å²) in [5.74, 6) is -0.157. The summed E-state index contributed by atoms with van der Waals surface area (Å²) in [6.45, 7) is 0.0674. The molecular formula is C9H9BrINO2. The van der Waals surface area contributed by atoms with Gasteiger partial charge in [-0.05, 0) is 56.7 Å². The molecule has 1 N–H and O–H groups in total. The second-order valence-corrected chi connectivity index (χ2v) is 4.71. The second kappa shape index (κ2) is 5.67. The van der Waals surface area contributed by atoms with Crippen LogP contribution >= 0.6 is 38.5 Å².